The van der Waals surface area contributed by atoms with E-state index in [4.69, 9.17) is 14.2 Å². The first-order chi connectivity index (χ1) is 13.6. The summed E-state index contributed by atoms with van der Waals surface area (Å²) in [6.07, 6.45) is 1.85. The molecule has 2 aliphatic heterocycles. The Labute approximate surface area is 165 Å². The average molecular weight is 384 g/mol. The molecule has 7 heteroatoms. The van der Waals surface area contributed by atoms with E-state index in [1.54, 1.807) is 13.3 Å². The molecule has 0 amide bonds. The van der Waals surface area contributed by atoms with Crippen molar-refractivity contribution in [2.45, 2.75) is 38.1 Å². The first-order valence-electron chi connectivity index (χ1n) is 9.84. The molecular formula is C21H28N4O3. The lowest BCUT2D eigenvalue weighted by molar-refractivity contribution is 0.0674. The van der Waals surface area contributed by atoms with Gasteiger partial charge in [0.15, 0.2) is 0 Å². The van der Waals surface area contributed by atoms with Gasteiger partial charge < -0.3 is 24.8 Å². The minimum atomic E-state index is 0.0119. The quantitative estimate of drug-likeness (QED) is 0.759. The van der Waals surface area contributed by atoms with Crippen molar-refractivity contribution in [2.24, 2.45) is 5.92 Å². The van der Waals surface area contributed by atoms with Gasteiger partial charge in [-0.3, -0.25) is 0 Å². The van der Waals surface area contributed by atoms with Gasteiger partial charge in [0.05, 0.1) is 38.1 Å². The molecule has 28 heavy (non-hydrogen) atoms. The van der Waals surface area contributed by atoms with Crippen LogP contribution in [-0.2, 0) is 9.47 Å². The maximum absolute atomic E-state index is 6.03. The summed E-state index contributed by atoms with van der Waals surface area (Å²) in [5.41, 5.74) is 1.88. The Balaban J connectivity index is 1.41. The van der Waals surface area contributed by atoms with Gasteiger partial charge in [-0.05, 0) is 42.8 Å². The second-order valence-corrected chi connectivity index (χ2v) is 7.75. The van der Waals surface area contributed by atoms with Gasteiger partial charge in [-0.2, -0.15) is 0 Å². The zero-order chi connectivity index (χ0) is 19.5. The Morgan fingerprint density at radius 3 is 2.50 bits per heavy atom. The number of ether oxygens (including phenoxy) is 3. The Morgan fingerprint density at radius 1 is 1.07 bits per heavy atom. The SMILES string of the molecule is COc1ccc(-c2ccnc(N[C@H]3CO[C@H]4[C@@H]3OC[C@@H]4NCC(C)C)n2)cc1. The first kappa shape index (κ1) is 19.1. The summed E-state index contributed by atoms with van der Waals surface area (Å²) in [5.74, 6) is 2.01. The molecule has 2 saturated heterocycles. The van der Waals surface area contributed by atoms with Crippen molar-refractivity contribution in [3.05, 3.63) is 36.5 Å². The van der Waals surface area contributed by atoms with E-state index in [0.29, 0.717) is 25.1 Å². The fourth-order valence-electron chi connectivity index (χ4n) is 3.70. The van der Waals surface area contributed by atoms with Crippen LogP contribution in [0.4, 0.5) is 5.95 Å². The highest BCUT2D eigenvalue weighted by atomic mass is 16.6. The fraction of sp³-hybridized carbons (Fsp3) is 0.524. The Kier molecular flexibility index (Phi) is 5.75. The van der Waals surface area contributed by atoms with E-state index in [1.165, 1.54) is 0 Å². The highest BCUT2D eigenvalue weighted by Gasteiger charge is 2.47. The van der Waals surface area contributed by atoms with Crippen molar-refractivity contribution in [1.82, 2.24) is 15.3 Å². The highest BCUT2D eigenvalue weighted by Crippen LogP contribution is 2.29. The summed E-state index contributed by atoms with van der Waals surface area (Å²) in [6.45, 7) is 6.63. The van der Waals surface area contributed by atoms with E-state index in [1.807, 2.05) is 30.3 Å². The molecule has 2 N–H and O–H groups in total. The Hall–Kier alpha value is -2.22. The second-order valence-electron chi connectivity index (χ2n) is 7.75. The van der Waals surface area contributed by atoms with Crippen molar-refractivity contribution >= 4 is 5.95 Å². The largest absolute Gasteiger partial charge is 0.497 e. The lowest BCUT2D eigenvalue weighted by atomic mass is 10.1. The van der Waals surface area contributed by atoms with Gasteiger partial charge in [0, 0.05) is 11.8 Å². The molecule has 3 heterocycles. The molecule has 2 aromatic rings. The zero-order valence-corrected chi connectivity index (χ0v) is 16.6. The third-order valence-corrected chi connectivity index (χ3v) is 5.20. The number of nitrogens with zero attached hydrogens (tertiary/aromatic N) is 2. The van der Waals surface area contributed by atoms with Crippen LogP contribution in [0, 0.1) is 5.92 Å². The molecule has 7 nitrogen and oxygen atoms in total. The number of anilines is 1. The summed E-state index contributed by atoms with van der Waals surface area (Å²) in [4.78, 5) is 9.05. The van der Waals surface area contributed by atoms with Gasteiger partial charge >= 0.3 is 0 Å². The van der Waals surface area contributed by atoms with Gasteiger partial charge in [0.1, 0.15) is 18.0 Å². The van der Waals surface area contributed by atoms with Gasteiger partial charge in [0.25, 0.3) is 0 Å². The minimum absolute atomic E-state index is 0.0119. The summed E-state index contributed by atoms with van der Waals surface area (Å²) < 4.78 is 17.3. The number of fused-ring (bicyclic) bond motifs is 1. The van der Waals surface area contributed by atoms with Crippen LogP contribution in [0.2, 0.25) is 0 Å². The number of benzene rings is 1. The molecule has 0 spiro atoms. The van der Waals surface area contributed by atoms with E-state index < -0.39 is 0 Å². The third kappa shape index (κ3) is 4.11. The maximum atomic E-state index is 6.03. The van der Waals surface area contributed by atoms with Crippen LogP contribution in [0.5, 0.6) is 5.75 Å². The molecular weight excluding hydrogens is 356 g/mol. The van der Waals surface area contributed by atoms with E-state index in [2.05, 4.69) is 34.4 Å². The monoisotopic (exact) mass is 384 g/mol. The lowest BCUT2D eigenvalue weighted by Gasteiger charge is -2.19. The summed E-state index contributed by atoms with van der Waals surface area (Å²) in [6, 6.07) is 10.0. The molecule has 4 atom stereocenters. The number of nitrogens with one attached hydrogen (secondary N) is 2. The molecule has 0 unspecified atom stereocenters. The van der Waals surface area contributed by atoms with E-state index in [0.717, 1.165) is 23.6 Å². The summed E-state index contributed by atoms with van der Waals surface area (Å²) >= 11 is 0. The van der Waals surface area contributed by atoms with Crippen LogP contribution in [-0.4, -0.2) is 61.1 Å². The van der Waals surface area contributed by atoms with Crippen molar-refractivity contribution < 1.29 is 14.2 Å². The average Bonchev–Trinajstić information content (AvgIpc) is 3.30. The highest BCUT2D eigenvalue weighted by molar-refractivity contribution is 5.61. The van der Waals surface area contributed by atoms with E-state index in [-0.39, 0.29) is 24.3 Å². The number of aromatic nitrogens is 2. The van der Waals surface area contributed by atoms with E-state index in [9.17, 15) is 0 Å². The van der Waals surface area contributed by atoms with Crippen LogP contribution in [0.1, 0.15) is 13.8 Å². The zero-order valence-electron chi connectivity index (χ0n) is 16.6. The fourth-order valence-corrected chi connectivity index (χ4v) is 3.70. The van der Waals surface area contributed by atoms with Gasteiger partial charge in [-0.1, -0.05) is 13.8 Å². The molecule has 0 bridgehead atoms. The van der Waals surface area contributed by atoms with Crippen molar-refractivity contribution in [2.75, 3.05) is 32.2 Å². The normalized spacial score (nSPS) is 26.4. The smallest absolute Gasteiger partial charge is 0.223 e. The topological polar surface area (TPSA) is 77.5 Å². The van der Waals surface area contributed by atoms with Crippen LogP contribution in [0.25, 0.3) is 11.3 Å². The molecule has 1 aromatic carbocycles. The Morgan fingerprint density at radius 2 is 1.79 bits per heavy atom. The summed E-state index contributed by atoms with van der Waals surface area (Å²) in [7, 11) is 1.66. The molecule has 0 radical (unpaired) electrons. The molecule has 1 aromatic heterocycles. The van der Waals surface area contributed by atoms with Crippen LogP contribution in [0.3, 0.4) is 0 Å². The maximum Gasteiger partial charge on any atom is 0.223 e. The second kappa shape index (κ2) is 8.43. The Bertz CT molecular complexity index is 783. The minimum Gasteiger partial charge on any atom is -0.497 e. The predicted octanol–water partition coefficient (Wildman–Crippen LogP) is 2.34. The molecule has 2 fully saturated rings. The van der Waals surface area contributed by atoms with Crippen LogP contribution >= 0.6 is 0 Å². The predicted molar refractivity (Wildman–Crippen MR) is 108 cm³/mol. The molecule has 4 rings (SSSR count). The van der Waals surface area contributed by atoms with Gasteiger partial charge in [-0.15, -0.1) is 0 Å². The number of rotatable bonds is 7. The first-order valence-corrected chi connectivity index (χ1v) is 9.84. The van der Waals surface area contributed by atoms with Crippen LogP contribution < -0.4 is 15.4 Å². The summed E-state index contributed by atoms with van der Waals surface area (Å²) in [5, 5.41) is 6.96. The van der Waals surface area contributed by atoms with Crippen molar-refractivity contribution in [1.29, 1.82) is 0 Å². The lowest BCUT2D eigenvalue weighted by Crippen LogP contribution is -2.43. The van der Waals surface area contributed by atoms with Gasteiger partial charge in [0.2, 0.25) is 5.95 Å². The third-order valence-electron chi connectivity index (χ3n) is 5.20. The van der Waals surface area contributed by atoms with E-state index >= 15 is 0 Å². The molecule has 0 aliphatic carbocycles. The molecule has 2 aliphatic rings. The van der Waals surface area contributed by atoms with Crippen molar-refractivity contribution in [3.63, 3.8) is 0 Å². The van der Waals surface area contributed by atoms with Crippen molar-refractivity contribution in [3.8, 4) is 17.0 Å². The van der Waals surface area contributed by atoms with Gasteiger partial charge in [-0.25, -0.2) is 9.97 Å². The number of methoxy groups -OCH3 is 1. The molecule has 0 saturated carbocycles. The molecule has 150 valence electrons. The number of hydrogen-bond acceptors (Lipinski definition) is 7. The standard InChI is InChI=1S/C21H28N4O3/c1-13(2)10-23-17-11-27-20-18(12-28-19(17)20)25-21-22-9-8-16(24-21)14-4-6-15(26-3)7-5-14/h4-9,13,17-20,23H,10-12H2,1-3H3,(H,22,24,25)/t17-,18-,19+,20+/m0/s1. The number of hydrogen-bond donors (Lipinski definition) is 2. The van der Waals surface area contributed by atoms with Crippen LogP contribution in [0.15, 0.2) is 36.5 Å².